The highest BCUT2D eigenvalue weighted by Crippen LogP contribution is 2.15. The molecule has 2 aromatic carbocycles. The Labute approximate surface area is 109 Å². The Kier molecular flexibility index (Phi) is 3.72. The summed E-state index contributed by atoms with van der Waals surface area (Å²) in [6.45, 7) is 0. The normalized spacial score (nSPS) is 9.68. The summed E-state index contributed by atoms with van der Waals surface area (Å²) in [4.78, 5) is 22.0. The van der Waals surface area contributed by atoms with Crippen molar-refractivity contribution in [3.8, 4) is 0 Å². The van der Waals surface area contributed by atoms with E-state index < -0.39 is 0 Å². The molecule has 4 N–H and O–H groups in total. The molecule has 0 unspecified atom stereocenters. The number of hydrogen-bond acceptors (Lipinski definition) is 5. The van der Waals surface area contributed by atoms with Crippen LogP contribution in [0.15, 0.2) is 53.7 Å². The molecule has 0 aliphatic carbocycles. The van der Waals surface area contributed by atoms with E-state index in [9.17, 15) is 9.70 Å². The Morgan fingerprint density at radius 3 is 2.47 bits per heavy atom. The van der Waals surface area contributed by atoms with Crippen molar-refractivity contribution in [3.05, 3.63) is 59.0 Å². The van der Waals surface area contributed by atoms with Gasteiger partial charge in [0.15, 0.2) is 0 Å². The number of rotatable bonds is 4. The number of hydrazine groups is 1. The SMILES string of the molecule is Nc1cccc(C(=O)NNc2ccc(N=O)cc2)c1. The van der Waals surface area contributed by atoms with Gasteiger partial charge in [0.2, 0.25) is 0 Å². The number of anilines is 2. The molecule has 0 aromatic heterocycles. The lowest BCUT2D eigenvalue weighted by molar-refractivity contribution is 0.0962. The van der Waals surface area contributed by atoms with Crippen LogP contribution >= 0.6 is 0 Å². The van der Waals surface area contributed by atoms with E-state index in [-0.39, 0.29) is 5.91 Å². The topological polar surface area (TPSA) is 96.6 Å². The number of nitroso groups, excluding NO2 is 1. The maximum absolute atomic E-state index is 11.8. The van der Waals surface area contributed by atoms with Crippen molar-refractivity contribution >= 4 is 23.0 Å². The Morgan fingerprint density at radius 2 is 1.84 bits per heavy atom. The third-order valence-corrected chi connectivity index (χ3v) is 2.44. The fraction of sp³-hybridized carbons (Fsp3) is 0. The molecule has 6 heteroatoms. The molecule has 19 heavy (non-hydrogen) atoms. The number of hydrogen-bond donors (Lipinski definition) is 3. The van der Waals surface area contributed by atoms with Crippen LogP contribution in [0.5, 0.6) is 0 Å². The zero-order valence-electron chi connectivity index (χ0n) is 9.96. The van der Waals surface area contributed by atoms with Gasteiger partial charge in [0, 0.05) is 11.3 Å². The van der Waals surface area contributed by atoms with Crippen LogP contribution in [0.3, 0.4) is 0 Å². The van der Waals surface area contributed by atoms with Crippen molar-refractivity contribution in [2.24, 2.45) is 5.18 Å². The molecule has 0 heterocycles. The zero-order valence-corrected chi connectivity index (χ0v) is 9.96. The lowest BCUT2D eigenvalue weighted by Crippen LogP contribution is -2.29. The fourth-order valence-electron chi connectivity index (χ4n) is 1.49. The van der Waals surface area contributed by atoms with Crippen LogP contribution in [0, 0.1) is 4.91 Å². The number of carbonyl (C=O) groups is 1. The molecule has 6 nitrogen and oxygen atoms in total. The lowest BCUT2D eigenvalue weighted by Gasteiger charge is -2.08. The molecule has 96 valence electrons. The van der Waals surface area contributed by atoms with Crippen molar-refractivity contribution in [3.63, 3.8) is 0 Å². The first-order chi connectivity index (χ1) is 9.19. The van der Waals surface area contributed by atoms with Gasteiger partial charge < -0.3 is 5.73 Å². The summed E-state index contributed by atoms with van der Waals surface area (Å²) in [7, 11) is 0. The van der Waals surface area contributed by atoms with E-state index in [0.29, 0.717) is 22.6 Å². The summed E-state index contributed by atoms with van der Waals surface area (Å²) in [5.41, 5.74) is 12.8. The number of benzene rings is 2. The second kappa shape index (κ2) is 5.63. The first-order valence-corrected chi connectivity index (χ1v) is 5.54. The molecule has 0 aliphatic heterocycles. The highest BCUT2D eigenvalue weighted by atomic mass is 16.3. The molecular formula is C13H12N4O2. The molecule has 0 saturated carbocycles. The molecule has 0 saturated heterocycles. The van der Waals surface area contributed by atoms with Crippen LogP contribution in [0.2, 0.25) is 0 Å². The quantitative estimate of drug-likeness (QED) is 0.444. The van der Waals surface area contributed by atoms with Crippen molar-refractivity contribution in [2.45, 2.75) is 0 Å². The van der Waals surface area contributed by atoms with Crippen LogP contribution in [0.1, 0.15) is 10.4 Å². The van der Waals surface area contributed by atoms with Crippen LogP contribution in [0.25, 0.3) is 0 Å². The number of nitrogens with two attached hydrogens (primary N) is 1. The van der Waals surface area contributed by atoms with Gasteiger partial charge >= 0.3 is 0 Å². The standard InChI is InChI=1S/C13H12N4O2/c14-10-3-1-2-9(8-10)13(18)16-15-11-4-6-12(17-19)7-5-11/h1-8,15H,14H2,(H,16,18). The van der Waals surface area contributed by atoms with Gasteiger partial charge in [0.1, 0.15) is 5.69 Å². The van der Waals surface area contributed by atoms with Crippen molar-refractivity contribution in [1.29, 1.82) is 0 Å². The van der Waals surface area contributed by atoms with E-state index in [1.807, 2.05) is 0 Å². The second-order valence-electron chi connectivity index (χ2n) is 3.84. The number of carbonyl (C=O) groups excluding carboxylic acids is 1. The Hall–Kier alpha value is -2.89. The predicted molar refractivity (Wildman–Crippen MR) is 73.8 cm³/mol. The Balaban J connectivity index is 1.98. The monoisotopic (exact) mass is 256 g/mol. The molecular weight excluding hydrogens is 244 g/mol. The van der Waals surface area contributed by atoms with Gasteiger partial charge in [-0.3, -0.25) is 15.6 Å². The molecule has 0 bridgehead atoms. The highest BCUT2D eigenvalue weighted by Gasteiger charge is 2.04. The number of nitrogens with zero attached hydrogens (tertiary/aromatic N) is 1. The average molecular weight is 256 g/mol. The fourth-order valence-corrected chi connectivity index (χ4v) is 1.49. The number of nitrogens with one attached hydrogen (secondary N) is 2. The van der Waals surface area contributed by atoms with E-state index in [1.54, 1.807) is 48.5 Å². The molecule has 1 amide bonds. The minimum absolute atomic E-state index is 0.301. The number of amides is 1. The summed E-state index contributed by atoms with van der Waals surface area (Å²) in [6, 6.07) is 13.0. The summed E-state index contributed by atoms with van der Waals surface area (Å²) < 4.78 is 0. The van der Waals surface area contributed by atoms with Gasteiger partial charge in [-0.25, -0.2) is 0 Å². The number of nitrogen functional groups attached to an aromatic ring is 1. The summed E-state index contributed by atoms with van der Waals surface area (Å²) in [5.74, 6) is -0.301. The molecule has 2 rings (SSSR count). The van der Waals surface area contributed by atoms with E-state index in [2.05, 4.69) is 16.0 Å². The smallest absolute Gasteiger partial charge is 0.269 e. The Morgan fingerprint density at radius 1 is 1.11 bits per heavy atom. The molecule has 0 atom stereocenters. The van der Waals surface area contributed by atoms with Crippen LogP contribution in [-0.2, 0) is 0 Å². The first-order valence-electron chi connectivity index (χ1n) is 5.54. The Bertz CT molecular complexity index is 596. The van der Waals surface area contributed by atoms with E-state index in [0.717, 1.165) is 0 Å². The second-order valence-corrected chi connectivity index (χ2v) is 3.84. The van der Waals surface area contributed by atoms with Gasteiger partial charge in [0.25, 0.3) is 5.91 Å². The molecule has 0 fully saturated rings. The van der Waals surface area contributed by atoms with Crippen LogP contribution < -0.4 is 16.6 Å². The maximum atomic E-state index is 11.8. The summed E-state index contributed by atoms with van der Waals surface area (Å²) in [5, 5.41) is 2.79. The zero-order chi connectivity index (χ0) is 13.7. The molecule has 2 aromatic rings. The van der Waals surface area contributed by atoms with E-state index >= 15 is 0 Å². The van der Waals surface area contributed by atoms with Gasteiger partial charge in [0.05, 0.1) is 5.69 Å². The van der Waals surface area contributed by atoms with Crippen molar-refractivity contribution < 1.29 is 4.79 Å². The predicted octanol–water partition coefficient (Wildman–Crippen LogP) is 2.42. The van der Waals surface area contributed by atoms with E-state index in [1.165, 1.54) is 0 Å². The largest absolute Gasteiger partial charge is 0.399 e. The average Bonchev–Trinajstić information content (AvgIpc) is 2.45. The first kappa shape index (κ1) is 12.6. The van der Waals surface area contributed by atoms with Crippen LogP contribution in [-0.4, -0.2) is 5.91 Å². The summed E-state index contributed by atoms with van der Waals surface area (Å²) >= 11 is 0. The van der Waals surface area contributed by atoms with Crippen molar-refractivity contribution in [1.82, 2.24) is 5.43 Å². The van der Waals surface area contributed by atoms with Crippen LogP contribution in [0.4, 0.5) is 17.1 Å². The van der Waals surface area contributed by atoms with Gasteiger partial charge in [-0.1, -0.05) is 6.07 Å². The minimum atomic E-state index is -0.301. The van der Waals surface area contributed by atoms with Gasteiger partial charge in [-0.2, -0.15) is 0 Å². The molecule has 0 aliphatic rings. The maximum Gasteiger partial charge on any atom is 0.269 e. The third-order valence-electron chi connectivity index (χ3n) is 2.44. The molecule has 0 spiro atoms. The minimum Gasteiger partial charge on any atom is -0.399 e. The third kappa shape index (κ3) is 3.29. The van der Waals surface area contributed by atoms with E-state index in [4.69, 9.17) is 5.73 Å². The van der Waals surface area contributed by atoms with Crippen molar-refractivity contribution in [2.75, 3.05) is 11.2 Å². The van der Waals surface area contributed by atoms with Gasteiger partial charge in [-0.15, -0.1) is 4.91 Å². The lowest BCUT2D eigenvalue weighted by atomic mass is 10.2. The summed E-state index contributed by atoms with van der Waals surface area (Å²) in [6.07, 6.45) is 0. The van der Waals surface area contributed by atoms with Gasteiger partial charge in [-0.05, 0) is 47.6 Å². The highest BCUT2D eigenvalue weighted by molar-refractivity contribution is 5.95. The molecule has 0 radical (unpaired) electrons.